The summed E-state index contributed by atoms with van der Waals surface area (Å²) in [6.45, 7) is 6.31. The summed E-state index contributed by atoms with van der Waals surface area (Å²) in [5.41, 5.74) is 10.8. The molecule has 162 valence electrons. The molecule has 0 spiro atoms. The van der Waals surface area contributed by atoms with E-state index in [1.165, 1.54) is 21.6 Å². The average Bonchev–Trinajstić information content (AvgIpc) is 2.60. The molecule has 0 rings (SSSR count). The maximum Gasteiger partial charge on any atom is 0.246 e. The second kappa shape index (κ2) is 13.2. The summed E-state index contributed by atoms with van der Waals surface area (Å²) in [6, 6.07) is -1.41. The summed E-state index contributed by atoms with van der Waals surface area (Å²) in [4.78, 5) is 40.2. The van der Waals surface area contributed by atoms with Gasteiger partial charge in [-0.25, -0.2) is 0 Å². The quantitative estimate of drug-likeness (QED) is 0.191. The first-order valence-corrected chi connectivity index (χ1v) is 10.7. The zero-order valence-electron chi connectivity index (χ0n) is 17.7. The Hall–Kier alpha value is -1.97. The zero-order valence-corrected chi connectivity index (χ0v) is 18.5. The number of hydrogen-bond donors (Lipinski definition) is 4. The van der Waals surface area contributed by atoms with Gasteiger partial charge in [-0.15, -0.1) is 0 Å². The van der Waals surface area contributed by atoms with E-state index < -0.39 is 18.0 Å². The fraction of sp³-hybridized carbons (Fsp3) is 0.778. The molecule has 6 N–H and O–H groups in total. The summed E-state index contributed by atoms with van der Waals surface area (Å²) in [7, 11) is 3.18. The first kappa shape index (κ1) is 26.0. The smallest absolute Gasteiger partial charge is 0.246 e. The molecule has 0 aliphatic rings. The first-order valence-electron chi connectivity index (χ1n) is 9.50. The minimum Gasteiger partial charge on any atom is -0.370 e. The molecular formula is C18H36N6O3S. The molecule has 3 amide bonds. The van der Waals surface area contributed by atoms with Crippen molar-refractivity contribution in [3.63, 3.8) is 0 Å². The maximum absolute atomic E-state index is 13.1. The van der Waals surface area contributed by atoms with Crippen LogP contribution < -0.4 is 16.8 Å². The van der Waals surface area contributed by atoms with Crippen LogP contribution in [0.25, 0.3) is 0 Å². The number of guanidine groups is 1. The van der Waals surface area contributed by atoms with Crippen molar-refractivity contribution in [2.45, 2.75) is 52.1 Å². The topological polar surface area (TPSA) is 146 Å². The third kappa shape index (κ3) is 9.29. The molecule has 10 heteroatoms. The monoisotopic (exact) mass is 416 g/mol. The number of amides is 3. The van der Waals surface area contributed by atoms with E-state index in [1.54, 1.807) is 14.1 Å². The van der Waals surface area contributed by atoms with Crippen molar-refractivity contribution in [3.8, 4) is 0 Å². The van der Waals surface area contributed by atoms with Crippen molar-refractivity contribution in [2.24, 2.45) is 17.4 Å². The Morgan fingerprint density at radius 1 is 1.11 bits per heavy atom. The molecular weight excluding hydrogens is 380 g/mol. The maximum atomic E-state index is 13.1. The van der Waals surface area contributed by atoms with Gasteiger partial charge in [0.25, 0.3) is 0 Å². The largest absolute Gasteiger partial charge is 0.370 e. The molecule has 0 aromatic carbocycles. The summed E-state index contributed by atoms with van der Waals surface area (Å²) < 4.78 is 0. The van der Waals surface area contributed by atoms with Gasteiger partial charge in [0.15, 0.2) is 5.96 Å². The van der Waals surface area contributed by atoms with E-state index in [2.05, 4.69) is 5.32 Å². The predicted octanol–water partition coefficient (Wildman–Crippen LogP) is 0.188. The van der Waals surface area contributed by atoms with Gasteiger partial charge in [-0.2, -0.15) is 11.8 Å². The summed E-state index contributed by atoms with van der Waals surface area (Å²) in [5, 5.41) is 9.85. The van der Waals surface area contributed by atoms with Gasteiger partial charge in [0, 0.05) is 38.6 Å². The Labute approximate surface area is 172 Å². The van der Waals surface area contributed by atoms with E-state index >= 15 is 0 Å². The van der Waals surface area contributed by atoms with Gasteiger partial charge < -0.3 is 26.6 Å². The average molecular weight is 417 g/mol. The van der Waals surface area contributed by atoms with Crippen LogP contribution in [0.15, 0.2) is 0 Å². The standard InChI is InChI=1S/C18H36N6O3S/c1-6-7-15(25)23(4)14(11-28-9-8-22-18(20)21)17(27)24(5)13(16(19)26)10-12(2)3/h12-14H,6-11H2,1-5H3,(H2,19,26)(H4,20,21,22)/t13-,14+/m0/s1. The van der Waals surface area contributed by atoms with E-state index in [0.717, 1.165) is 0 Å². The van der Waals surface area contributed by atoms with Crippen molar-refractivity contribution in [1.29, 1.82) is 5.41 Å². The van der Waals surface area contributed by atoms with Crippen LogP contribution in [0.5, 0.6) is 0 Å². The highest BCUT2D eigenvalue weighted by Gasteiger charge is 2.34. The van der Waals surface area contributed by atoms with Gasteiger partial charge in [-0.1, -0.05) is 20.8 Å². The lowest BCUT2D eigenvalue weighted by Crippen LogP contribution is -2.55. The van der Waals surface area contributed by atoms with Crippen LogP contribution in [0.3, 0.4) is 0 Å². The van der Waals surface area contributed by atoms with Crippen molar-refractivity contribution >= 4 is 35.4 Å². The number of rotatable bonds is 13. The molecule has 9 nitrogen and oxygen atoms in total. The van der Waals surface area contributed by atoms with Gasteiger partial charge in [0.05, 0.1) is 0 Å². The van der Waals surface area contributed by atoms with Crippen LogP contribution in [0.4, 0.5) is 0 Å². The van der Waals surface area contributed by atoms with Gasteiger partial charge in [-0.3, -0.25) is 19.8 Å². The Bertz CT molecular complexity index is 543. The van der Waals surface area contributed by atoms with Crippen LogP contribution in [0.1, 0.15) is 40.0 Å². The van der Waals surface area contributed by atoms with Crippen molar-refractivity contribution in [3.05, 3.63) is 0 Å². The Morgan fingerprint density at radius 3 is 2.18 bits per heavy atom. The fourth-order valence-electron chi connectivity index (χ4n) is 2.67. The number of likely N-dealkylation sites (N-methyl/N-ethyl adjacent to an activating group) is 2. The number of carbonyl (C=O) groups is 3. The number of nitrogens with one attached hydrogen (secondary N) is 2. The van der Waals surface area contributed by atoms with Gasteiger partial charge >= 0.3 is 0 Å². The van der Waals surface area contributed by atoms with Crippen LogP contribution in [-0.4, -0.2) is 77.7 Å². The molecule has 0 aliphatic carbocycles. The molecule has 0 fully saturated rings. The summed E-state index contributed by atoms with van der Waals surface area (Å²) in [5.74, 6) is 0.110. The third-order valence-corrected chi connectivity index (χ3v) is 5.33. The van der Waals surface area contributed by atoms with E-state index in [1.807, 2.05) is 20.8 Å². The number of nitrogens with zero attached hydrogens (tertiary/aromatic N) is 2. The van der Waals surface area contributed by atoms with Crippen molar-refractivity contribution < 1.29 is 14.4 Å². The van der Waals surface area contributed by atoms with E-state index in [-0.39, 0.29) is 23.7 Å². The lowest BCUT2D eigenvalue weighted by molar-refractivity contribution is -0.146. The van der Waals surface area contributed by atoms with Gasteiger partial charge in [0.1, 0.15) is 12.1 Å². The molecule has 0 aromatic heterocycles. The Balaban J connectivity index is 5.27. The SMILES string of the molecule is CCCC(=O)N(C)[C@H](CSCCNC(=N)N)C(=O)N(C)[C@@H](CC(C)C)C(N)=O. The summed E-state index contributed by atoms with van der Waals surface area (Å²) >= 11 is 1.47. The van der Waals surface area contributed by atoms with Crippen LogP contribution in [-0.2, 0) is 14.4 Å². The molecule has 0 saturated heterocycles. The van der Waals surface area contributed by atoms with Crippen LogP contribution >= 0.6 is 11.8 Å². The normalized spacial score (nSPS) is 12.9. The fourth-order valence-corrected chi connectivity index (χ4v) is 3.67. The minimum atomic E-state index is -0.714. The molecule has 0 unspecified atom stereocenters. The Kier molecular flexibility index (Phi) is 12.3. The lowest BCUT2D eigenvalue weighted by atomic mass is 10.0. The number of primary amides is 1. The van der Waals surface area contributed by atoms with Gasteiger partial charge in [0.2, 0.25) is 17.7 Å². The highest BCUT2D eigenvalue weighted by Crippen LogP contribution is 2.16. The Morgan fingerprint density at radius 2 is 1.71 bits per heavy atom. The predicted molar refractivity (Wildman–Crippen MR) is 114 cm³/mol. The van der Waals surface area contributed by atoms with Gasteiger partial charge in [-0.05, 0) is 18.8 Å². The molecule has 2 atom stereocenters. The van der Waals surface area contributed by atoms with Crippen LogP contribution in [0.2, 0.25) is 0 Å². The van der Waals surface area contributed by atoms with Crippen molar-refractivity contribution in [2.75, 3.05) is 32.1 Å². The molecule has 0 aromatic rings. The lowest BCUT2D eigenvalue weighted by Gasteiger charge is -2.34. The molecule has 0 heterocycles. The molecule has 28 heavy (non-hydrogen) atoms. The number of nitrogens with two attached hydrogens (primary N) is 2. The summed E-state index contributed by atoms with van der Waals surface area (Å²) in [6.07, 6.45) is 1.51. The first-order chi connectivity index (χ1) is 13.0. The highest BCUT2D eigenvalue weighted by atomic mass is 32.2. The number of thioether (sulfide) groups is 1. The molecule has 0 bridgehead atoms. The van der Waals surface area contributed by atoms with E-state index in [9.17, 15) is 14.4 Å². The number of hydrogen-bond acceptors (Lipinski definition) is 5. The van der Waals surface area contributed by atoms with Crippen molar-refractivity contribution in [1.82, 2.24) is 15.1 Å². The van der Waals surface area contributed by atoms with Crippen LogP contribution in [0, 0.1) is 11.3 Å². The molecule has 0 saturated carbocycles. The zero-order chi connectivity index (χ0) is 21.9. The second-order valence-electron chi connectivity index (χ2n) is 7.18. The third-order valence-electron chi connectivity index (χ3n) is 4.29. The number of carbonyl (C=O) groups excluding carboxylic acids is 3. The highest BCUT2D eigenvalue weighted by molar-refractivity contribution is 7.99. The molecule has 0 radical (unpaired) electrons. The second-order valence-corrected chi connectivity index (χ2v) is 8.33. The minimum absolute atomic E-state index is 0.110. The van der Waals surface area contributed by atoms with E-state index in [0.29, 0.717) is 37.3 Å². The van der Waals surface area contributed by atoms with E-state index in [4.69, 9.17) is 16.9 Å². The molecule has 0 aliphatic heterocycles.